The first-order valence-electron chi connectivity index (χ1n) is 8.97. The molecule has 0 radical (unpaired) electrons. The summed E-state index contributed by atoms with van der Waals surface area (Å²) < 4.78 is 5.38. The number of rotatable bonds is 9. The fourth-order valence-corrected chi connectivity index (χ4v) is 3.27. The number of hydrogen-bond donors (Lipinski definition) is 2. The molecule has 6 heteroatoms. The molecule has 0 saturated heterocycles. The van der Waals surface area contributed by atoms with Crippen LogP contribution >= 0.6 is 11.8 Å². The molecule has 0 spiro atoms. The zero-order chi connectivity index (χ0) is 19.6. The summed E-state index contributed by atoms with van der Waals surface area (Å²) in [4.78, 5) is 24.6. The molecule has 0 heterocycles. The summed E-state index contributed by atoms with van der Waals surface area (Å²) in [5, 5.41) is 5.54. The van der Waals surface area contributed by atoms with E-state index in [1.807, 2.05) is 6.92 Å². The molecule has 0 unspecified atom stereocenters. The lowest BCUT2D eigenvalue weighted by atomic mass is 10.1. The van der Waals surface area contributed by atoms with Crippen molar-refractivity contribution < 1.29 is 14.3 Å². The first-order valence-corrected chi connectivity index (χ1v) is 9.96. The van der Waals surface area contributed by atoms with Crippen molar-refractivity contribution in [2.45, 2.75) is 32.1 Å². The van der Waals surface area contributed by atoms with E-state index in [4.69, 9.17) is 4.74 Å². The number of likely N-dealkylation sites (N-methyl/N-ethyl adjacent to an activating group) is 1. The maximum atomic E-state index is 12.1. The van der Waals surface area contributed by atoms with Crippen LogP contribution in [0.25, 0.3) is 0 Å². The van der Waals surface area contributed by atoms with Crippen molar-refractivity contribution in [3.05, 3.63) is 53.6 Å². The number of anilines is 1. The van der Waals surface area contributed by atoms with Gasteiger partial charge in [-0.25, -0.2) is 0 Å². The summed E-state index contributed by atoms with van der Waals surface area (Å²) in [5.41, 5.74) is 3.25. The van der Waals surface area contributed by atoms with Gasteiger partial charge in [0.2, 0.25) is 5.91 Å². The first-order chi connectivity index (χ1) is 13.0. The Bertz CT molecular complexity index is 775. The Morgan fingerprint density at radius 1 is 1.00 bits per heavy atom. The lowest BCUT2D eigenvalue weighted by molar-refractivity contribution is -0.123. The molecule has 0 aliphatic carbocycles. The molecule has 27 heavy (non-hydrogen) atoms. The molecular formula is C21H26N2O3S. The predicted octanol–water partition coefficient (Wildman–Crippen LogP) is 3.94. The SMILES string of the molecule is CCNC(=O)COc1ccc(NC(=O)CCSc2ccc(C)c(C)c2)cc1. The third-order valence-electron chi connectivity index (χ3n) is 3.96. The van der Waals surface area contributed by atoms with Crippen LogP contribution in [0.1, 0.15) is 24.5 Å². The number of aryl methyl sites for hydroxylation is 2. The van der Waals surface area contributed by atoms with E-state index in [1.54, 1.807) is 36.0 Å². The molecule has 2 aromatic carbocycles. The van der Waals surface area contributed by atoms with E-state index in [1.165, 1.54) is 16.0 Å². The Hall–Kier alpha value is -2.47. The molecule has 2 rings (SSSR count). The van der Waals surface area contributed by atoms with Gasteiger partial charge in [0.05, 0.1) is 0 Å². The molecule has 144 valence electrons. The molecular weight excluding hydrogens is 360 g/mol. The summed E-state index contributed by atoms with van der Waals surface area (Å²) in [5.74, 6) is 1.13. The van der Waals surface area contributed by atoms with Crippen LogP contribution in [0.5, 0.6) is 5.75 Å². The van der Waals surface area contributed by atoms with Gasteiger partial charge in [0.15, 0.2) is 6.61 Å². The number of ether oxygens (including phenoxy) is 1. The quantitative estimate of drug-likeness (QED) is 0.641. The minimum Gasteiger partial charge on any atom is -0.484 e. The van der Waals surface area contributed by atoms with Crippen LogP contribution in [-0.4, -0.2) is 30.7 Å². The minimum atomic E-state index is -0.156. The van der Waals surface area contributed by atoms with Gasteiger partial charge in [-0.15, -0.1) is 11.8 Å². The fraction of sp³-hybridized carbons (Fsp3) is 0.333. The maximum Gasteiger partial charge on any atom is 0.257 e. The van der Waals surface area contributed by atoms with Crippen LogP contribution in [0, 0.1) is 13.8 Å². The second-order valence-corrected chi connectivity index (χ2v) is 7.33. The molecule has 0 aromatic heterocycles. The van der Waals surface area contributed by atoms with Crippen molar-refractivity contribution in [1.29, 1.82) is 0 Å². The van der Waals surface area contributed by atoms with Crippen molar-refractivity contribution in [2.75, 3.05) is 24.2 Å². The Kier molecular flexibility index (Phi) is 8.20. The Morgan fingerprint density at radius 3 is 2.41 bits per heavy atom. The van der Waals surface area contributed by atoms with E-state index in [2.05, 4.69) is 42.7 Å². The number of thioether (sulfide) groups is 1. The summed E-state index contributed by atoms with van der Waals surface area (Å²) >= 11 is 1.68. The third kappa shape index (κ3) is 7.35. The Labute approximate surface area is 164 Å². The van der Waals surface area contributed by atoms with Crippen LogP contribution in [0.15, 0.2) is 47.4 Å². The highest BCUT2D eigenvalue weighted by molar-refractivity contribution is 7.99. The first kappa shape index (κ1) is 20.8. The van der Waals surface area contributed by atoms with Gasteiger partial charge in [0.1, 0.15) is 5.75 Å². The van der Waals surface area contributed by atoms with Crippen molar-refractivity contribution in [3.63, 3.8) is 0 Å². The van der Waals surface area contributed by atoms with E-state index in [0.29, 0.717) is 24.4 Å². The highest BCUT2D eigenvalue weighted by Crippen LogP contribution is 2.22. The number of nitrogens with one attached hydrogen (secondary N) is 2. The monoisotopic (exact) mass is 386 g/mol. The Balaban J connectivity index is 1.73. The molecule has 0 atom stereocenters. The number of carbonyl (C=O) groups excluding carboxylic acids is 2. The zero-order valence-electron chi connectivity index (χ0n) is 16.0. The number of benzene rings is 2. The highest BCUT2D eigenvalue weighted by atomic mass is 32.2. The van der Waals surface area contributed by atoms with Crippen molar-refractivity contribution in [3.8, 4) is 5.75 Å². The number of carbonyl (C=O) groups is 2. The van der Waals surface area contributed by atoms with Crippen LogP contribution in [0.4, 0.5) is 5.69 Å². The number of hydrogen-bond acceptors (Lipinski definition) is 4. The van der Waals surface area contributed by atoms with Crippen LogP contribution in [0.3, 0.4) is 0 Å². The summed E-state index contributed by atoms with van der Waals surface area (Å²) in [6, 6.07) is 13.3. The summed E-state index contributed by atoms with van der Waals surface area (Å²) in [6.07, 6.45) is 0.438. The molecule has 0 bridgehead atoms. The van der Waals surface area contributed by atoms with Gasteiger partial charge in [0, 0.05) is 29.3 Å². The molecule has 2 N–H and O–H groups in total. The molecule has 0 saturated carbocycles. The largest absolute Gasteiger partial charge is 0.484 e. The van der Waals surface area contributed by atoms with Gasteiger partial charge in [-0.2, -0.15) is 0 Å². The fourth-order valence-electron chi connectivity index (χ4n) is 2.32. The highest BCUT2D eigenvalue weighted by Gasteiger charge is 2.05. The van der Waals surface area contributed by atoms with Gasteiger partial charge in [-0.1, -0.05) is 6.07 Å². The van der Waals surface area contributed by atoms with E-state index in [9.17, 15) is 9.59 Å². The standard InChI is InChI=1S/C21H26N2O3S/c1-4-22-21(25)14-26-18-8-6-17(7-9-18)23-20(24)11-12-27-19-10-5-15(2)16(3)13-19/h5-10,13H,4,11-12,14H2,1-3H3,(H,22,25)(H,23,24). The average molecular weight is 387 g/mol. The molecule has 5 nitrogen and oxygen atoms in total. The molecule has 2 aromatic rings. The predicted molar refractivity (Wildman–Crippen MR) is 111 cm³/mol. The van der Waals surface area contributed by atoms with E-state index in [-0.39, 0.29) is 18.4 Å². The smallest absolute Gasteiger partial charge is 0.257 e. The Morgan fingerprint density at radius 2 is 1.74 bits per heavy atom. The van der Waals surface area contributed by atoms with E-state index >= 15 is 0 Å². The molecule has 0 aliphatic rings. The average Bonchev–Trinajstić information content (AvgIpc) is 2.64. The van der Waals surface area contributed by atoms with Crippen molar-refractivity contribution >= 4 is 29.3 Å². The van der Waals surface area contributed by atoms with Crippen molar-refractivity contribution in [2.24, 2.45) is 0 Å². The lowest BCUT2D eigenvalue weighted by Gasteiger charge is -2.09. The van der Waals surface area contributed by atoms with Gasteiger partial charge in [-0.3, -0.25) is 9.59 Å². The van der Waals surface area contributed by atoms with Gasteiger partial charge >= 0.3 is 0 Å². The van der Waals surface area contributed by atoms with Gasteiger partial charge in [-0.05, 0) is 68.3 Å². The maximum absolute atomic E-state index is 12.1. The van der Waals surface area contributed by atoms with E-state index in [0.717, 1.165) is 5.75 Å². The van der Waals surface area contributed by atoms with Crippen LogP contribution in [-0.2, 0) is 9.59 Å². The zero-order valence-corrected chi connectivity index (χ0v) is 16.8. The van der Waals surface area contributed by atoms with Gasteiger partial charge < -0.3 is 15.4 Å². The minimum absolute atomic E-state index is 0.0186. The third-order valence-corrected chi connectivity index (χ3v) is 4.95. The summed E-state index contributed by atoms with van der Waals surface area (Å²) in [7, 11) is 0. The van der Waals surface area contributed by atoms with Gasteiger partial charge in [0.25, 0.3) is 5.91 Å². The normalized spacial score (nSPS) is 10.3. The summed E-state index contributed by atoms with van der Waals surface area (Å²) in [6.45, 7) is 6.60. The second-order valence-electron chi connectivity index (χ2n) is 6.16. The van der Waals surface area contributed by atoms with Crippen LogP contribution in [0.2, 0.25) is 0 Å². The van der Waals surface area contributed by atoms with E-state index < -0.39 is 0 Å². The lowest BCUT2D eigenvalue weighted by Crippen LogP contribution is -2.28. The number of amides is 2. The second kappa shape index (κ2) is 10.6. The van der Waals surface area contributed by atoms with Crippen molar-refractivity contribution in [1.82, 2.24) is 5.32 Å². The van der Waals surface area contributed by atoms with Crippen LogP contribution < -0.4 is 15.4 Å². The molecule has 0 fully saturated rings. The molecule has 0 aliphatic heterocycles. The topological polar surface area (TPSA) is 67.4 Å². The molecule has 2 amide bonds.